The van der Waals surface area contributed by atoms with Crippen molar-refractivity contribution in [2.45, 2.75) is 33.6 Å². The number of aromatic nitrogens is 2. The molecule has 0 spiro atoms. The van der Waals surface area contributed by atoms with E-state index in [0.29, 0.717) is 13.0 Å². The van der Waals surface area contributed by atoms with Crippen molar-refractivity contribution >= 4 is 5.91 Å². The lowest BCUT2D eigenvalue weighted by molar-refractivity contribution is -0.124. The Morgan fingerprint density at radius 1 is 1.32 bits per heavy atom. The van der Waals surface area contributed by atoms with E-state index >= 15 is 0 Å². The van der Waals surface area contributed by atoms with Gasteiger partial charge in [-0.1, -0.05) is 19.1 Å². The van der Waals surface area contributed by atoms with Gasteiger partial charge in [-0.3, -0.25) is 9.89 Å². The van der Waals surface area contributed by atoms with Gasteiger partial charge in [-0.25, -0.2) is 0 Å². The number of nitrogens with one attached hydrogen (secondary N) is 2. The minimum absolute atomic E-state index is 0.0544. The highest BCUT2D eigenvalue weighted by Crippen LogP contribution is 2.15. The summed E-state index contributed by atoms with van der Waals surface area (Å²) in [6, 6.07) is 7.04. The zero-order valence-corrected chi connectivity index (χ0v) is 13.3. The Labute approximate surface area is 130 Å². The molecule has 2 aromatic rings. The minimum atomic E-state index is -0.0881. The van der Waals surface area contributed by atoms with E-state index < -0.39 is 0 Å². The Morgan fingerprint density at radius 2 is 2.00 bits per heavy atom. The summed E-state index contributed by atoms with van der Waals surface area (Å²) >= 11 is 0. The van der Waals surface area contributed by atoms with E-state index in [9.17, 15) is 9.90 Å². The topological polar surface area (TPSA) is 78.0 Å². The molecule has 0 bridgehead atoms. The van der Waals surface area contributed by atoms with Gasteiger partial charge in [-0.15, -0.1) is 0 Å². The molecule has 0 radical (unpaired) electrons. The second-order valence-corrected chi connectivity index (χ2v) is 5.73. The molecule has 0 saturated carbocycles. The van der Waals surface area contributed by atoms with Gasteiger partial charge < -0.3 is 10.4 Å². The Hall–Kier alpha value is -2.30. The van der Waals surface area contributed by atoms with E-state index in [1.54, 1.807) is 12.1 Å². The quantitative estimate of drug-likeness (QED) is 0.766. The predicted molar refractivity (Wildman–Crippen MR) is 85.8 cm³/mol. The third-order valence-corrected chi connectivity index (χ3v) is 3.89. The Kier molecular flexibility index (Phi) is 5.20. The maximum Gasteiger partial charge on any atom is 0.223 e. The average Bonchev–Trinajstić information content (AvgIpc) is 2.81. The van der Waals surface area contributed by atoms with Crippen molar-refractivity contribution in [1.29, 1.82) is 0 Å². The van der Waals surface area contributed by atoms with Gasteiger partial charge in [0, 0.05) is 18.2 Å². The van der Waals surface area contributed by atoms with Crippen LogP contribution in [0.25, 0.3) is 0 Å². The molecule has 3 N–H and O–H groups in total. The molecule has 1 heterocycles. The van der Waals surface area contributed by atoms with Crippen LogP contribution < -0.4 is 5.32 Å². The zero-order chi connectivity index (χ0) is 16.1. The highest BCUT2D eigenvalue weighted by atomic mass is 16.3. The summed E-state index contributed by atoms with van der Waals surface area (Å²) in [4.78, 5) is 12.2. The first-order valence-corrected chi connectivity index (χ1v) is 7.53. The molecule has 1 atom stereocenters. The van der Waals surface area contributed by atoms with Crippen molar-refractivity contribution in [2.24, 2.45) is 5.92 Å². The molecule has 118 valence electrons. The van der Waals surface area contributed by atoms with Gasteiger partial charge in [0.1, 0.15) is 5.75 Å². The molecule has 0 fully saturated rings. The number of hydrogen-bond donors (Lipinski definition) is 3. The summed E-state index contributed by atoms with van der Waals surface area (Å²) in [6.07, 6.45) is 1.45. The van der Waals surface area contributed by atoms with Crippen LogP contribution >= 0.6 is 0 Å². The number of H-pyrrole nitrogens is 1. The third kappa shape index (κ3) is 4.10. The minimum Gasteiger partial charge on any atom is -0.508 e. The number of nitrogens with zero attached hydrogens (tertiary/aromatic N) is 1. The Balaban J connectivity index is 1.80. The van der Waals surface area contributed by atoms with Crippen molar-refractivity contribution in [1.82, 2.24) is 15.5 Å². The summed E-state index contributed by atoms with van der Waals surface area (Å²) in [7, 11) is 0. The number of carbonyl (C=O) groups excluding carboxylic acids is 1. The van der Waals surface area contributed by atoms with E-state index in [1.807, 2.05) is 32.9 Å². The molecule has 0 saturated heterocycles. The molecule has 0 aliphatic carbocycles. The second kappa shape index (κ2) is 7.11. The first-order valence-electron chi connectivity index (χ1n) is 7.53. The summed E-state index contributed by atoms with van der Waals surface area (Å²) in [6.45, 7) is 6.46. The van der Waals surface area contributed by atoms with Crippen molar-refractivity contribution in [3.63, 3.8) is 0 Å². The lowest BCUT2D eigenvalue weighted by Gasteiger charge is -2.12. The fraction of sp³-hybridized carbons (Fsp3) is 0.412. The van der Waals surface area contributed by atoms with Crippen molar-refractivity contribution in [2.75, 3.05) is 6.54 Å². The van der Waals surface area contributed by atoms with Gasteiger partial charge in [0.25, 0.3) is 0 Å². The van der Waals surface area contributed by atoms with Crippen LogP contribution in [-0.4, -0.2) is 27.8 Å². The van der Waals surface area contributed by atoms with E-state index in [4.69, 9.17) is 0 Å². The van der Waals surface area contributed by atoms with Gasteiger partial charge >= 0.3 is 0 Å². The van der Waals surface area contributed by atoms with Gasteiger partial charge in [-0.2, -0.15) is 5.10 Å². The molecule has 0 aliphatic rings. The normalized spacial score (nSPS) is 12.1. The molecule has 22 heavy (non-hydrogen) atoms. The standard InChI is InChI=1S/C17H23N3O2/c1-11(10-16-12(2)19-20-13(16)3)17(22)18-9-8-14-4-6-15(21)7-5-14/h4-7,11,21H,8-10H2,1-3H3,(H,18,22)(H,19,20)/t11-/m0/s1. The number of amides is 1. The summed E-state index contributed by atoms with van der Waals surface area (Å²) in [5, 5.41) is 19.3. The lowest BCUT2D eigenvalue weighted by Crippen LogP contribution is -2.32. The predicted octanol–water partition coefficient (Wildman–Crippen LogP) is 2.27. The fourth-order valence-electron chi connectivity index (χ4n) is 2.44. The van der Waals surface area contributed by atoms with E-state index in [2.05, 4.69) is 15.5 Å². The molecule has 1 aromatic heterocycles. The largest absolute Gasteiger partial charge is 0.508 e. The van der Waals surface area contributed by atoms with E-state index in [1.165, 1.54) is 0 Å². The van der Waals surface area contributed by atoms with E-state index in [-0.39, 0.29) is 17.6 Å². The number of rotatable bonds is 6. The summed E-state index contributed by atoms with van der Waals surface area (Å²) in [5.74, 6) is 0.223. The third-order valence-electron chi connectivity index (χ3n) is 3.89. The number of aryl methyl sites for hydroxylation is 2. The van der Waals surface area contributed by atoms with Crippen LogP contribution in [0.2, 0.25) is 0 Å². The number of hydrogen-bond acceptors (Lipinski definition) is 3. The number of phenols is 1. The second-order valence-electron chi connectivity index (χ2n) is 5.73. The molecule has 5 nitrogen and oxygen atoms in total. The van der Waals surface area contributed by atoms with Gasteiger partial charge in [0.15, 0.2) is 0 Å². The van der Waals surface area contributed by atoms with Crippen molar-refractivity contribution < 1.29 is 9.90 Å². The molecular weight excluding hydrogens is 278 g/mol. The number of phenolic OH excluding ortho intramolecular Hbond substituents is 1. The average molecular weight is 301 g/mol. The van der Waals surface area contributed by atoms with Crippen LogP contribution in [0.15, 0.2) is 24.3 Å². The first-order chi connectivity index (χ1) is 10.5. The Morgan fingerprint density at radius 3 is 2.59 bits per heavy atom. The van der Waals surface area contributed by atoms with Crippen LogP contribution in [-0.2, 0) is 17.6 Å². The van der Waals surface area contributed by atoms with Gasteiger partial charge in [-0.05, 0) is 49.9 Å². The number of aromatic amines is 1. The summed E-state index contributed by atoms with van der Waals surface area (Å²) < 4.78 is 0. The van der Waals surface area contributed by atoms with Crippen LogP contribution in [0.5, 0.6) is 5.75 Å². The Bertz CT molecular complexity index is 612. The fourth-order valence-corrected chi connectivity index (χ4v) is 2.44. The molecule has 0 aliphatic heterocycles. The highest BCUT2D eigenvalue weighted by Gasteiger charge is 2.16. The van der Waals surface area contributed by atoms with Crippen LogP contribution in [0.4, 0.5) is 0 Å². The number of benzene rings is 1. The molecule has 0 unspecified atom stereocenters. The molecule has 1 aromatic carbocycles. The van der Waals surface area contributed by atoms with Gasteiger partial charge in [0.05, 0.1) is 5.69 Å². The number of carbonyl (C=O) groups is 1. The van der Waals surface area contributed by atoms with Gasteiger partial charge in [0.2, 0.25) is 5.91 Å². The molecule has 1 amide bonds. The lowest BCUT2D eigenvalue weighted by atomic mass is 9.99. The zero-order valence-electron chi connectivity index (χ0n) is 13.3. The van der Waals surface area contributed by atoms with E-state index in [0.717, 1.165) is 28.9 Å². The SMILES string of the molecule is Cc1n[nH]c(C)c1C[C@H](C)C(=O)NCCc1ccc(O)cc1. The number of aromatic hydroxyl groups is 1. The van der Waals surface area contributed by atoms with Crippen molar-refractivity contribution in [3.05, 3.63) is 46.8 Å². The maximum absolute atomic E-state index is 12.2. The summed E-state index contributed by atoms with van der Waals surface area (Å²) in [5.41, 5.74) is 4.20. The maximum atomic E-state index is 12.2. The molecule has 5 heteroatoms. The van der Waals surface area contributed by atoms with Crippen molar-refractivity contribution in [3.8, 4) is 5.75 Å². The monoisotopic (exact) mass is 301 g/mol. The molecular formula is C17H23N3O2. The van der Waals surface area contributed by atoms with Crippen LogP contribution in [0.1, 0.15) is 29.4 Å². The molecule has 2 rings (SSSR count). The van der Waals surface area contributed by atoms with Crippen LogP contribution in [0, 0.1) is 19.8 Å². The highest BCUT2D eigenvalue weighted by molar-refractivity contribution is 5.78. The van der Waals surface area contributed by atoms with Crippen LogP contribution in [0.3, 0.4) is 0 Å². The first kappa shape index (κ1) is 16.1. The smallest absolute Gasteiger partial charge is 0.223 e.